The molecule has 9 nitrogen and oxygen atoms in total. The van der Waals surface area contributed by atoms with Crippen LogP contribution in [0.5, 0.6) is 0 Å². The molecule has 0 atom stereocenters. The van der Waals surface area contributed by atoms with E-state index in [1.807, 2.05) is 0 Å². The van der Waals surface area contributed by atoms with Crippen LogP contribution < -0.4 is 5.49 Å². The molecule has 0 bridgehead atoms. The third-order valence-electron chi connectivity index (χ3n) is 3.15. The Bertz CT molecular complexity index is 933. The van der Waals surface area contributed by atoms with Gasteiger partial charge in [0.15, 0.2) is 0 Å². The Morgan fingerprint density at radius 2 is 1.88 bits per heavy atom. The quantitative estimate of drug-likeness (QED) is 0.441. The summed E-state index contributed by atoms with van der Waals surface area (Å²) in [5.41, 5.74) is 0.931. The molecule has 0 radical (unpaired) electrons. The van der Waals surface area contributed by atoms with Crippen molar-refractivity contribution in [1.29, 1.82) is 0 Å². The zero-order valence-electron chi connectivity index (χ0n) is 12.2. The minimum atomic E-state index is -0.704. The molecule has 3 aromatic rings. The summed E-state index contributed by atoms with van der Waals surface area (Å²) in [7, 11) is 0. The first-order valence-electron chi connectivity index (χ1n) is 6.77. The largest absolute Gasteiger partial charge is 0.438 e. The fourth-order valence-electron chi connectivity index (χ4n) is 2.00. The van der Waals surface area contributed by atoms with Gasteiger partial charge in [-0.05, 0) is 51.7 Å². The Morgan fingerprint density at radius 1 is 1.21 bits per heavy atom. The van der Waals surface area contributed by atoms with Crippen molar-refractivity contribution in [2.75, 3.05) is 0 Å². The lowest BCUT2D eigenvalue weighted by atomic mass is 10.3. The van der Waals surface area contributed by atoms with E-state index in [0.29, 0.717) is 15.6 Å². The third kappa shape index (κ3) is 3.10. The molecule has 1 aromatic carbocycles. The maximum absolute atomic E-state index is 11.2. The summed E-state index contributed by atoms with van der Waals surface area (Å²) in [6.07, 6.45) is 3.17. The predicted molar refractivity (Wildman–Crippen MR) is 83.9 cm³/mol. The van der Waals surface area contributed by atoms with Gasteiger partial charge < -0.3 is 15.3 Å². The summed E-state index contributed by atoms with van der Waals surface area (Å²) in [4.78, 5) is 20.0. The summed E-state index contributed by atoms with van der Waals surface area (Å²) < 4.78 is 0. The number of nitrogens with zero attached hydrogens (tertiary/aromatic N) is 6. The van der Waals surface area contributed by atoms with E-state index < -0.39 is 10.7 Å². The van der Waals surface area contributed by atoms with Gasteiger partial charge in [0, 0.05) is 17.4 Å². The Kier molecular flexibility index (Phi) is 4.25. The van der Waals surface area contributed by atoms with E-state index in [4.69, 9.17) is 11.6 Å². The highest BCUT2D eigenvalue weighted by Crippen LogP contribution is 2.13. The molecular weight excluding hydrogens is 336 g/mol. The third-order valence-corrected chi connectivity index (χ3v) is 3.40. The molecule has 0 aliphatic heterocycles. The number of halogens is 1. The van der Waals surface area contributed by atoms with Crippen LogP contribution in [0.15, 0.2) is 53.8 Å². The molecule has 24 heavy (non-hydrogen) atoms. The summed E-state index contributed by atoms with van der Waals surface area (Å²) in [6.45, 7) is 0.135. The maximum atomic E-state index is 11.2. The highest BCUT2D eigenvalue weighted by Gasteiger charge is 2.23. The monoisotopic (exact) mass is 346 g/mol. The number of hydrogen-bond donors (Lipinski definition) is 1. The van der Waals surface area contributed by atoms with Crippen molar-refractivity contribution >= 4 is 17.4 Å². The molecular formula is C14H11ClN6O3. The fraction of sp³-hybridized carbons (Fsp3) is 0.0714. The number of rotatable bonds is 4. The average Bonchev–Trinajstić information content (AvgIpc) is 2.92. The van der Waals surface area contributed by atoms with Crippen molar-refractivity contribution in [2.45, 2.75) is 6.54 Å². The van der Waals surface area contributed by atoms with E-state index in [9.17, 15) is 15.3 Å². The minimum absolute atomic E-state index is 0.135. The van der Waals surface area contributed by atoms with E-state index >= 15 is 0 Å². The highest BCUT2D eigenvalue weighted by atomic mass is 35.5. The van der Waals surface area contributed by atoms with Crippen molar-refractivity contribution in [2.24, 2.45) is 4.99 Å². The van der Waals surface area contributed by atoms with Crippen molar-refractivity contribution in [3.63, 3.8) is 0 Å². The van der Waals surface area contributed by atoms with Gasteiger partial charge in [0.25, 0.3) is 5.49 Å². The number of benzene rings is 1. The topological polar surface area (TPSA) is 111 Å². The van der Waals surface area contributed by atoms with Crippen molar-refractivity contribution in [3.8, 4) is 5.69 Å². The van der Waals surface area contributed by atoms with E-state index in [1.165, 1.54) is 0 Å². The molecule has 3 rings (SSSR count). The summed E-state index contributed by atoms with van der Waals surface area (Å²) in [6, 6.07) is 9.74. The van der Waals surface area contributed by atoms with Gasteiger partial charge in [-0.2, -0.15) is 0 Å². The number of hydrogen-bond acceptors (Lipinski definition) is 6. The zero-order valence-corrected chi connectivity index (χ0v) is 12.9. The summed E-state index contributed by atoms with van der Waals surface area (Å²) >= 11 is 5.81. The van der Waals surface area contributed by atoms with Crippen LogP contribution in [0.4, 0.5) is 5.82 Å². The summed E-state index contributed by atoms with van der Waals surface area (Å²) in [5.74, 6) is -0.554. The van der Waals surface area contributed by atoms with Gasteiger partial charge in [0.1, 0.15) is 5.69 Å². The Balaban J connectivity index is 2.08. The molecule has 0 aliphatic carbocycles. The first-order valence-corrected chi connectivity index (χ1v) is 7.15. The molecule has 122 valence electrons. The lowest BCUT2D eigenvalue weighted by Gasteiger charge is -1.99. The normalized spacial score (nSPS) is 11.6. The first kappa shape index (κ1) is 15.7. The van der Waals surface area contributed by atoms with Crippen LogP contribution in [0, 0.1) is 10.1 Å². The van der Waals surface area contributed by atoms with Crippen LogP contribution in [0.2, 0.25) is 5.02 Å². The van der Waals surface area contributed by atoms with Gasteiger partial charge >= 0.3 is 5.82 Å². The number of nitro groups is 1. The molecule has 10 heteroatoms. The van der Waals surface area contributed by atoms with Crippen LogP contribution in [-0.2, 0) is 6.54 Å². The Hall–Kier alpha value is -3.20. The second kappa shape index (κ2) is 6.50. The van der Waals surface area contributed by atoms with Crippen molar-refractivity contribution in [1.82, 2.24) is 19.7 Å². The first-order chi connectivity index (χ1) is 11.6. The van der Waals surface area contributed by atoms with Crippen molar-refractivity contribution < 1.29 is 10.1 Å². The van der Waals surface area contributed by atoms with Crippen molar-refractivity contribution in [3.05, 3.63) is 75.0 Å². The zero-order chi connectivity index (χ0) is 17.1. The number of aromatic nitrogens is 4. The fourth-order valence-corrected chi connectivity index (χ4v) is 2.13. The van der Waals surface area contributed by atoms with Gasteiger partial charge in [-0.1, -0.05) is 16.4 Å². The lowest BCUT2D eigenvalue weighted by molar-refractivity contribution is -0.391. The molecule has 0 aliphatic rings. The second-order valence-electron chi connectivity index (χ2n) is 4.73. The van der Waals surface area contributed by atoms with E-state index in [0.717, 1.165) is 10.4 Å². The average molecular weight is 347 g/mol. The molecule has 0 fully saturated rings. The van der Waals surface area contributed by atoms with Crippen LogP contribution in [0.1, 0.15) is 5.56 Å². The summed E-state index contributed by atoms with van der Waals surface area (Å²) in [5, 5.41) is 25.7. The van der Waals surface area contributed by atoms with Crippen LogP contribution >= 0.6 is 11.6 Å². The Labute approximate surface area is 140 Å². The Morgan fingerprint density at radius 3 is 2.50 bits per heavy atom. The van der Waals surface area contributed by atoms with E-state index in [2.05, 4.69) is 15.1 Å². The van der Waals surface area contributed by atoms with Gasteiger partial charge in [0.2, 0.25) is 0 Å². The minimum Gasteiger partial charge on any atom is -0.409 e. The van der Waals surface area contributed by atoms with Crippen LogP contribution in [-0.4, -0.2) is 29.9 Å². The van der Waals surface area contributed by atoms with Gasteiger partial charge in [-0.25, -0.2) is 0 Å². The van der Waals surface area contributed by atoms with Gasteiger partial charge in [0.05, 0.1) is 11.6 Å². The molecule has 0 saturated heterocycles. The molecule has 2 heterocycles. The van der Waals surface area contributed by atoms with Crippen LogP contribution in [0.25, 0.3) is 5.69 Å². The van der Waals surface area contributed by atoms with Gasteiger partial charge in [-0.15, -0.1) is 0 Å². The van der Waals surface area contributed by atoms with E-state index in [1.54, 1.807) is 48.8 Å². The lowest BCUT2D eigenvalue weighted by Crippen LogP contribution is -2.22. The molecule has 2 aromatic heterocycles. The van der Waals surface area contributed by atoms with Crippen LogP contribution in [0.3, 0.4) is 0 Å². The SMILES string of the molecule is O=[N+]([O-])c1nn(-c2ccc(Cl)cc2)n(O)c1=NCc1ccncc1. The van der Waals surface area contributed by atoms with Gasteiger partial charge in [-0.3, -0.25) is 9.98 Å². The maximum Gasteiger partial charge on any atom is 0.438 e. The highest BCUT2D eigenvalue weighted by molar-refractivity contribution is 6.30. The number of pyridine rings is 1. The second-order valence-corrected chi connectivity index (χ2v) is 5.17. The molecule has 0 unspecified atom stereocenters. The van der Waals surface area contributed by atoms with E-state index in [-0.39, 0.29) is 12.0 Å². The molecule has 0 spiro atoms. The smallest absolute Gasteiger partial charge is 0.409 e. The standard InChI is InChI=1S/C14H11ClN6O3/c15-11-1-3-12(4-2-11)19-18-14(21(23)24)13(20(19)22)17-9-10-5-7-16-8-6-10/h1-8,22H,9H2. The predicted octanol–water partition coefficient (Wildman–Crippen LogP) is 1.97. The molecule has 0 amide bonds. The molecule has 0 saturated carbocycles. The molecule has 1 N–H and O–H groups in total.